The molecule has 0 radical (unpaired) electrons. The van der Waals surface area contributed by atoms with Crippen LogP contribution >= 0.6 is 11.3 Å². The maximum absolute atomic E-state index is 12.7. The quantitative estimate of drug-likeness (QED) is 0.777. The molecular formula is C18H18N2O2S. The van der Waals surface area contributed by atoms with E-state index in [1.165, 1.54) is 0 Å². The van der Waals surface area contributed by atoms with Gasteiger partial charge >= 0.3 is 0 Å². The monoisotopic (exact) mass is 326 g/mol. The van der Waals surface area contributed by atoms with E-state index < -0.39 is 0 Å². The maximum atomic E-state index is 12.7. The average Bonchev–Trinajstić information content (AvgIpc) is 3.08. The number of nitrogens with zero attached hydrogens (tertiary/aromatic N) is 1. The smallest absolute Gasteiger partial charge is 0.252 e. The highest BCUT2D eigenvalue weighted by Gasteiger charge is 2.16. The molecule has 1 N–H and O–H groups in total. The molecule has 1 unspecified atom stereocenters. The Kier molecular flexibility index (Phi) is 4.69. The van der Waals surface area contributed by atoms with Crippen molar-refractivity contribution in [1.82, 2.24) is 10.3 Å². The molecular weight excluding hydrogens is 308 g/mol. The van der Waals surface area contributed by atoms with Crippen molar-refractivity contribution in [3.05, 3.63) is 53.4 Å². The van der Waals surface area contributed by atoms with E-state index in [4.69, 9.17) is 4.74 Å². The summed E-state index contributed by atoms with van der Waals surface area (Å²) in [6.07, 6.45) is 0. The van der Waals surface area contributed by atoms with Crippen LogP contribution in [0, 0.1) is 0 Å². The van der Waals surface area contributed by atoms with Crippen LogP contribution < -0.4 is 5.32 Å². The third-order valence-electron chi connectivity index (χ3n) is 3.53. The third kappa shape index (κ3) is 3.41. The molecule has 0 saturated carbocycles. The minimum absolute atomic E-state index is 0.0513. The van der Waals surface area contributed by atoms with Gasteiger partial charge in [0.15, 0.2) is 0 Å². The lowest BCUT2D eigenvalue weighted by Gasteiger charge is -2.14. The van der Waals surface area contributed by atoms with Crippen molar-refractivity contribution < 1.29 is 9.53 Å². The molecule has 2 aromatic heterocycles. The number of carbonyl (C=O) groups excluding carboxylic acids is 1. The number of nitrogens with one attached hydrogen (secondary N) is 1. The topological polar surface area (TPSA) is 51.2 Å². The minimum atomic E-state index is -0.106. The van der Waals surface area contributed by atoms with Gasteiger partial charge in [-0.15, -0.1) is 11.3 Å². The molecule has 0 bridgehead atoms. The molecule has 1 aromatic carbocycles. The number of carbonyl (C=O) groups is 1. The highest BCUT2D eigenvalue weighted by Crippen LogP contribution is 2.27. The number of amides is 1. The van der Waals surface area contributed by atoms with E-state index in [2.05, 4.69) is 10.3 Å². The fourth-order valence-corrected chi connectivity index (χ4v) is 3.19. The van der Waals surface area contributed by atoms with E-state index >= 15 is 0 Å². The predicted octanol–water partition coefficient (Wildman–Crippen LogP) is 3.73. The SMILES string of the molecule is COCC(C)NC(=O)c1cc(-c2cccs2)nc2ccccc12. The Morgan fingerprint density at radius 1 is 1.30 bits per heavy atom. The first-order valence-electron chi connectivity index (χ1n) is 7.42. The van der Waals surface area contributed by atoms with E-state index in [-0.39, 0.29) is 11.9 Å². The Morgan fingerprint density at radius 2 is 2.13 bits per heavy atom. The van der Waals surface area contributed by atoms with Crippen LogP contribution in [0.1, 0.15) is 17.3 Å². The highest BCUT2D eigenvalue weighted by molar-refractivity contribution is 7.13. The molecule has 23 heavy (non-hydrogen) atoms. The zero-order valence-corrected chi connectivity index (χ0v) is 13.9. The lowest BCUT2D eigenvalue weighted by Crippen LogP contribution is -2.35. The number of methoxy groups -OCH3 is 1. The summed E-state index contributed by atoms with van der Waals surface area (Å²) in [5, 5.41) is 5.84. The summed E-state index contributed by atoms with van der Waals surface area (Å²) in [4.78, 5) is 18.4. The van der Waals surface area contributed by atoms with Gasteiger partial charge in [0, 0.05) is 18.5 Å². The summed E-state index contributed by atoms with van der Waals surface area (Å²) in [6.45, 7) is 2.40. The molecule has 1 atom stereocenters. The molecule has 3 rings (SSSR count). The van der Waals surface area contributed by atoms with Gasteiger partial charge in [-0.05, 0) is 30.5 Å². The van der Waals surface area contributed by atoms with Crippen molar-refractivity contribution in [3.8, 4) is 10.6 Å². The van der Waals surface area contributed by atoms with Crippen LogP contribution in [0.2, 0.25) is 0 Å². The second-order valence-electron chi connectivity index (χ2n) is 5.38. The van der Waals surface area contributed by atoms with Gasteiger partial charge in [-0.3, -0.25) is 4.79 Å². The third-order valence-corrected chi connectivity index (χ3v) is 4.42. The lowest BCUT2D eigenvalue weighted by molar-refractivity contribution is 0.0907. The Bertz CT molecular complexity index is 815. The summed E-state index contributed by atoms with van der Waals surface area (Å²) >= 11 is 1.61. The van der Waals surface area contributed by atoms with Crippen molar-refractivity contribution >= 4 is 28.1 Å². The molecule has 3 aromatic rings. The Balaban J connectivity index is 2.05. The molecule has 0 saturated heterocycles. The number of fused-ring (bicyclic) bond motifs is 1. The first-order valence-corrected chi connectivity index (χ1v) is 8.30. The molecule has 0 fully saturated rings. The van der Waals surface area contributed by atoms with Gasteiger partial charge in [-0.2, -0.15) is 0 Å². The number of hydrogen-bond acceptors (Lipinski definition) is 4. The zero-order chi connectivity index (χ0) is 16.2. The molecule has 0 aliphatic rings. The molecule has 0 spiro atoms. The number of rotatable bonds is 5. The molecule has 2 heterocycles. The highest BCUT2D eigenvalue weighted by atomic mass is 32.1. The standard InChI is InChI=1S/C18H18N2O2S/c1-12(11-22-2)19-18(21)14-10-16(17-8-5-9-23-17)20-15-7-4-3-6-13(14)15/h3-10,12H,11H2,1-2H3,(H,19,21). The van der Waals surface area contributed by atoms with Crippen LogP contribution in [-0.4, -0.2) is 30.6 Å². The van der Waals surface area contributed by atoms with E-state index in [0.717, 1.165) is 21.5 Å². The first kappa shape index (κ1) is 15.6. The van der Waals surface area contributed by atoms with Gasteiger partial charge in [0.05, 0.1) is 28.3 Å². The zero-order valence-electron chi connectivity index (χ0n) is 13.1. The largest absolute Gasteiger partial charge is 0.383 e. The molecule has 5 heteroatoms. The summed E-state index contributed by atoms with van der Waals surface area (Å²) in [5.41, 5.74) is 2.29. The number of benzene rings is 1. The van der Waals surface area contributed by atoms with Crippen LogP contribution in [0.3, 0.4) is 0 Å². The van der Waals surface area contributed by atoms with E-state index in [0.29, 0.717) is 12.2 Å². The summed E-state index contributed by atoms with van der Waals surface area (Å²) < 4.78 is 5.09. The van der Waals surface area contributed by atoms with Gasteiger partial charge in [-0.1, -0.05) is 24.3 Å². The van der Waals surface area contributed by atoms with Gasteiger partial charge < -0.3 is 10.1 Å². The fourth-order valence-electron chi connectivity index (χ4n) is 2.51. The summed E-state index contributed by atoms with van der Waals surface area (Å²) in [7, 11) is 1.62. The molecule has 0 aliphatic carbocycles. The van der Waals surface area contributed by atoms with Gasteiger partial charge in [-0.25, -0.2) is 4.98 Å². The normalized spacial score (nSPS) is 12.3. The van der Waals surface area contributed by atoms with Crippen molar-refractivity contribution in [2.45, 2.75) is 13.0 Å². The number of hydrogen-bond donors (Lipinski definition) is 1. The number of aromatic nitrogens is 1. The predicted molar refractivity (Wildman–Crippen MR) is 93.9 cm³/mol. The second kappa shape index (κ2) is 6.89. The second-order valence-corrected chi connectivity index (χ2v) is 6.33. The van der Waals surface area contributed by atoms with Gasteiger partial charge in [0.1, 0.15) is 0 Å². The average molecular weight is 326 g/mol. The van der Waals surface area contributed by atoms with Gasteiger partial charge in [0.25, 0.3) is 5.91 Å². The van der Waals surface area contributed by atoms with E-state index in [1.807, 2.05) is 54.8 Å². The van der Waals surface area contributed by atoms with Crippen molar-refractivity contribution in [1.29, 1.82) is 0 Å². The molecule has 118 valence electrons. The first-order chi connectivity index (χ1) is 11.2. The Labute approximate surface area is 139 Å². The minimum Gasteiger partial charge on any atom is -0.383 e. The number of ether oxygens (including phenoxy) is 1. The van der Waals surface area contributed by atoms with Crippen molar-refractivity contribution in [2.75, 3.05) is 13.7 Å². The Morgan fingerprint density at radius 3 is 2.87 bits per heavy atom. The van der Waals surface area contributed by atoms with Crippen molar-refractivity contribution in [3.63, 3.8) is 0 Å². The number of pyridine rings is 1. The van der Waals surface area contributed by atoms with Crippen LogP contribution in [0.4, 0.5) is 0 Å². The van der Waals surface area contributed by atoms with E-state index in [9.17, 15) is 4.79 Å². The number of thiophene rings is 1. The van der Waals surface area contributed by atoms with Crippen molar-refractivity contribution in [2.24, 2.45) is 0 Å². The van der Waals surface area contributed by atoms with E-state index in [1.54, 1.807) is 18.4 Å². The number of para-hydroxylation sites is 1. The lowest BCUT2D eigenvalue weighted by atomic mass is 10.1. The summed E-state index contributed by atoms with van der Waals surface area (Å²) in [5.74, 6) is -0.106. The van der Waals surface area contributed by atoms with Gasteiger partial charge in [0.2, 0.25) is 0 Å². The van der Waals surface area contributed by atoms with Crippen LogP contribution in [-0.2, 0) is 4.74 Å². The molecule has 0 aliphatic heterocycles. The van der Waals surface area contributed by atoms with Crippen LogP contribution in [0.15, 0.2) is 47.8 Å². The fraction of sp³-hybridized carbons (Fsp3) is 0.222. The van der Waals surface area contributed by atoms with Crippen LogP contribution in [0.25, 0.3) is 21.5 Å². The maximum Gasteiger partial charge on any atom is 0.252 e. The molecule has 1 amide bonds. The molecule has 4 nitrogen and oxygen atoms in total. The van der Waals surface area contributed by atoms with Crippen LogP contribution in [0.5, 0.6) is 0 Å². The Hall–Kier alpha value is -2.24. The summed E-state index contributed by atoms with van der Waals surface area (Å²) in [6, 6.07) is 13.5.